The lowest BCUT2D eigenvalue weighted by molar-refractivity contribution is 0.281. The average Bonchev–Trinajstić information content (AvgIpc) is 2.65. The van der Waals surface area contributed by atoms with Gasteiger partial charge in [-0.3, -0.25) is 0 Å². The minimum atomic E-state index is 0.0286. The van der Waals surface area contributed by atoms with Crippen LogP contribution in [-0.4, -0.2) is 54.8 Å². The SMILES string of the molecule is Nc1ccc(NCCO)c(CNc2cccc(N(CCO)CCO)c2)c1. The lowest BCUT2D eigenvalue weighted by Crippen LogP contribution is -2.29. The number of anilines is 4. The van der Waals surface area contributed by atoms with Crippen molar-refractivity contribution in [3.8, 4) is 0 Å². The molecule has 0 fully saturated rings. The fraction of sp³-hybridized carbons (Fsp3) is 0.368. The van der Waals surface area contributed by atoms with Crippen LogP contribution < -0.4 is 21.3 Å². The van der Waals surface area contributed by atoms with Crippen LogP contribution in [0.1, 0.15) is 5.56 Å². The number of hydrogen-bond acceptors (Lipinski definition) is 7. The summed E-state index contributed by atoms with van der Waals surface area (Å²) in [5.41, 5.74) is 10.4. The maximum absolute atomic E-state index is 9.20. The summed E-state index contributed by atoms with van der Waals surface area (Å²) in [5.74, 6) is 0. The molecule has 0 saturated heterocycles. The van der Waals surface area contributed by atoms with Crippen molar-refractivity contribution in [3.63, 3.8) is 0 Å². The van der Waals surface area contributed by atoms with E-state index in [4.69, 9.17) is 10.8 Å². The Kier molecular flexibility index (Phi) is 8.01. The summed E-state index contributed by atoms with van der Waals surface area (Å²) in [6.07, 6.45) is 0. The molecule has 0 amide bonds. The second-order valence-electron chi connectivity index (χ2n) is 5.91. The van der Waals surface area contributed by atoms with E-state index in [-0.39, 0.29) is 19.8 Å². The van der Waals surface area contributed by atoms with Gasteiger partial charge in [-0.2, -0.15) is 0 Å². The Morgan fingerprint density at radius 3 is 2.35 bits per heavy atom. The molecular formula is C19H28N4O3. The first kappa shape index (κ1) is 19.8. The highest BCUT2D eigenvalue weighted by atomic mass is 16.3. The third-order valence-corrected chi connectivity index (χ3v) is 3.99. The van der Waals surface area contributed by atoms with E-state index in [0.717, 1.165) is 22.6 Å². The van der Waals surface area contributed by atoms with Crippen LogP contribution in [0.25, 0.3) is 0 Å². The topological polar surface area (TPSA) is 114 Å². The molecule has 26 heavy (non-hydrogen) atoms. The van der Waals surface area contributed by atoms with Gasteiger partial charge in [0.15, 0.2) is 0 Å². The molecule has 0 heterocycles. The fourth-order valence-electron chi connectivity index (χ4n) is 2.74. The molecule has 0 unspecified atom stereocenters. The smallest absolute Gasteiger partial charge is 0.0606 e. The van der Waals surface area contributed by atoms with Crippen molar-refractivity contribution in [2.45, 2.75) is 6.54 Å². The van der Waals surface area contributed by atoms with Crippen LogP contribution in [0.5, 0.6) is 0 Å². The molecule has 0 spiro atoms. The molecule has 0 aliphatic heterocycles. The Bertz CT molecular complexity index is 676. The Balaban J connectivity index is 2.10. The lowest BCUT2D eigenvalue weighted by Gasteiger charge is -2.23. The number of aliphatic hydroxyl groups is 3. The van der Waals surface area contributed by atoms with Crippen LogP contribution >= 0.6 is 0 Å². The first-order valence-electron chi connectivity index (χ1n) is 8.71. The molecule has 7 nitrogen and oxygen atoms in total. The van der Waals surface area contributed by atoms with Crippen LogP contribution in [-0.2, 0) is 6.54 Å². The molecule has 0 aliphatic rings. The summed E-state index contributed by atoms with van der Waals surface area (Å²) in [6, 6.07) is 13.5. The first-order chi connectivity index (χ1) is 12.7. The summed E-state index contributed by atoms with van der Waals surface area (Å²) in [4.78, 5) is 1.93. The van der Waals surface area contributed by atoms with Crippen LogP contribution in [0.15, 0.2) is 42.5 Å². The summed E-state index contributed by atoms with van der Waals surface area (Å²) in [6.45, 7) is 2.10. The van der Waals surface area contributed by atoms with Gasteiger partial charge in [0, 0.05) is 48.9 Å². The van der Waals surface area contributed by atoms with Gasteiger partial charge < -0.3 is 36.6 Å². The van der Waals surface area contributed by atoms with Crippen molar-refractivity contribution in [1.82, 2.24) is 0 Å². The van der Waals surface area contributed by atoms with Gasteiger partial charge in [0.05, 0.1) is 19.8 Å². The Morgan fingerprint density at radius 2 is 1.65 bits per heavy atom. The third-order valence-electron chi connectivity index (χ3n) is 3.99. The molecule has 2 rings (SSSR count). The minimum absolute atomic E-state index is 0.0286. The predicted molar refractivity (Wildman–Crippen MR) is 107 cm³/mol. The fourth-order valence-corrected chi connectivity index (χ4v) is 2.74. The first-order valence-corrected chi connectivity index (χ1v) is 8.71. The third kappa shape index (κ3) is 5.80. The predicted octanol–water partition coefficient (Wildman–Crippen LogP) is 1.08. The number of rotatable bonds is 11. The second-order valence-corrected chi connectivity index (χ2v) is 5.91. The number of benzene rings is 2. The number of hydrogen-bond donors (Lipinski definition) is 6. The quantitative estimate of drug-likeness (QED) is 0.332. The molecule has 2 aromatic carbocycles. The van der Waals surface area contributed by atoms with Crippen molar-refractivity contribution in [3.05, 3.63) is 48.0 Å². The Hall–Kier alpha value is -2.48. The zero-order chi connectivity index (χ0) is 18.8. The maximum atomic E-state index is 9.20. The van der Waals surface area contributed by atoms with Gasteiger partial charge in [0.2, 0.25) is 0 Å². The summed E-state index contributed by atoms with van der Waals surface area (Å²) in [5, 5.41) is 34.0. The molecular weight excluding hydrogens is 332 g/mol. The monoisotopic (exact) mass is 360 g/mol. The van der Waals surface area contributed by atoms with Crippen molar-refractivity contribution < 1.29 is 15.3 Å². The number of nitrogens with zero attached hydrogens (tertiary/aromatic N) is 1. The number of nitrogen functional groups attached to an aromatic ring is 1. The Labute approximate surface area is 154 Å². The lowest BCUT2D eigenvalue weighted by atomic mass is 10.1. The van der Waals surface area contributed by atoms with Crippen molar-refractivity contribution in [1.29, 1.82) is 0 Å². The minimum Gasteiger partial charge on any atom is -0.399 e. The highest BCUT2D eigenvalue weighted by molar-refractivity contribution is 5.61. The molecule has 2 aromatic rings. The van der Waals surface area contributed by atoms with Crippen molar-refractivity contribution in [2.75, 3.05) is 60.7 Å². The molecule has 7 N–H and O–H groups in total. The van der Waals surface area contributed by atoms with Gasteiger partial charge in [-0.15, -0.1) is 0 Å². The van der Waals surface area contributed by atoms with E-state index >= 15 is 0 Å². The van der Waals surface area contributed by atoms with E-state index < -0.39 is 0 Å². The standard InChI is InChI=1S/C19H28N4O3/c20-16-4-5-19(21-6-9-24)15(12-16)14-22-17-2-1-3-18(13-17)23(7-10-25)8-11-26/h1-5,12-13,21-22,24-26H,6-11,14,20H2. The largest absolute Gasteiger partial charge is 0.399 e. The molecule has 0 atom stereocenters. The van der Waals surface area contributed by atoms with Gasteiger partial charge in [0.1, 0.15) is 0 Å². The maximum Gasteiger partial charge on any atom is 0.0606 e. The van der Waals surface area contributed by atoms with Crippen LogP contribution in [0.3, 0.4) is 0 Å². The number of nitrogens with two attached hydrogens (primary N) is 1. The van der Waals surface area contributed by atoms with E-state index in [2.05, 4.69) is 10.6 Å². The summed E-state index contributed by atoms with van der Waals surface area (Å²) in [7, 11) is 0. The van der Waals surface area contributed by atoms with E-state index in [1.54, 1.807) is 0 Å². The van der Waals surface area contributed by atoms with Gasteiger partial charge >= 0.3 is 0 Å². The van der Waals surface area contributed by atoms with Gasteiger partial charge in [-0.05, 0) is 42.0 Å². The molecule has 0 saturated carbocycles. The van der Waals surface area contributed by atoms with E-state index in [1.165, 1.54) is 0 Å². The Morgan fingerprint density at radius 1 is 0.885 bits per heavy atom. The summed E-state index contributed by atoms with van der Waals surface area (Å²) >= 11 is 0. The van der Waals surface area contributed by atoms with Crippen LogP contribution in [0, 0.1) is 0 Å². The van der Waals surface area contributed by atoms with Crippen molar-refractivity contribution in [2.24, 2.45) is 0 Å². The van der Waals surface area contributed by atoms with Gasteiger partial charge in [-0.1, -0.05) is 6.07 Å². The zero-order valence-corrected chi connectivity index (χ0v) is 14.9. The normalized spacial score (nSPS) is 10.6. The highest BCUT2D eigenvalue weighted by Crippen LogP contribution is 2.23. The molecule has 142 valence electrons. The number of aliphatic hydroxyl groups excluding tert-OH is 3. The molecule has 0 radical (unpaired) electrons. The zero-order valence-electron chi connectivity index (χ0n) is 14.9. The molecule has 7 heteroatoms. The molecule has 0 aliphatic carbocycles. The molecule has 0 aromatic heterocycles. The second kappa shape index (κ2) is 10.5. The summed E-state index contributed by atoms with van der Waals surface area (Å²) < 4.78 is 0. The van der Waals surface area contributed by atoms with E-state index in [9.17, 15) is 10.2 Å². The highest BCUT2D eigenvalue weighted by Gasteiger charge is 2.07. The average molecular weight is 360 g/mol. The number of nitrogens with one attached hydrogen (secondary N) is 2. The van der Waals surface area contributed by atoms with Crippen molar-refractivity contribution >= 4 is 22.7 Å². The van der Waals surface area contributed by atoms with E-state index in [0.29, 0.717) is 31.9 Å². The van der Waals surface area contributed by atoms with E-state index in [1.807, 2.05) is 47.4 Å². The van der Waals surface area contributed by atoms with Gasteiger partial charge in [0.25, 0.3) is 0 Å². The molecule has 0 bridgehead atoms. The van der Waals surface area contributed by atoms with Crippen LogP contribution in [0.2, 0.25) is 0 Å². The van der Waals surface area contributed by atoms with Crippen LogP contribution in [0.4, 0.5) is 22.7 Å². The van der Waals surface area contributed by atoms with Gasteiger partial charge in [-0.25, -0.2) is 0 Å².